The van der Waals surface area contributed by atoms with E-state index < -0.39 is 29.9 Å². The molecule has 0 spiro atoms. The van der Waals surface area contributed by atoms with Gasteiger partial charge >= 0.3 is 0 Å². The number of carboxylic acid groups (broad SMARTS) is 1. The molecule has 1 aromatic rings. The van der Waals surface area contributed by atoms with E-state index in [-0.39, 0.29) is 16.5 Å². The number of fused-ring (bicyclic) bond motifs is 1. The van der Waals surface area contributed by atoms with E-state index >= 15 is 0 Å². The zero-order valence-electron chi connectivity index (χ0n) is 12.0. The van der Waals surface area contributed by atoms with Crippen molar-refractivity contribution in [2.75, 3.05) is 0 Å². The quantitative estimate of drug-likeness (QED) is 0.411. The lowest BCUT2D eigenvalue weighted by atomic mass is 9.98. The third-order valence-corrected chi connectivity index (χ3v) is 6.24. The maximum absolute atomic E-state index is 12.3. The fraction of sp³-hybridized carbons (Fsp3) is 0.429. The van der Waals surface area contributed by atoms with Crippen molar-refractivity contribution >= 4 is 47.2 Å². The van der Waals surface area contributed by atoms with Crippen molar-refractivity contribution in [3.8, 4) is 0 Å². The van der Waals surface area contributed by atoms with Crippen LogP contribution in [0.3, 0.4) is 0 Å². The predicted molar refractivity (Wildman–Crippen MR) is 81.5 cm³/mol. The van der Waals surface area contributed by atoms with Crippen LogP contribution < -0.4 is 10.4 Å². The molecule has 2 fully saturated rings. The second-order valence-corrected chi connectivity index (χ2v) is 7.68. The van der Waals surface area contributed by atoms with Crippen LogP contribution in [0.5, 0.6) is 0 Å². The minimum absolute atomic E-state index is 0.0582. The van der Waals surface area contributed by atoms with Crippen LogP contribution in [0.25, 0.3) is 0 Å². The van der Waals surface area contributed by atoms with E-state index in [2.05, 4.69) is 5.32 Å². The van der Waals surface area contributed by atoms with Crippen molar-refractivity contribution in [2.45, 2.75) is 35.5 Å². The van der Waals surface area contributed by atoms with Crippen molar-refractivity contribution in [3.05, 3.63) is 22.4 Å². The van der Waals surface area contributed by atoms with E-state index in [1.807, 2.05) is 6.92 Å². The molecule has 2 amide bonds. The number of thioether (sulfide) groups is 1. The van der Waals surface area contributed by atoms with Crippen LogP contribution in [0.4, 0.5) is 0 Å². The number of aliphatic carboxylic acids is 1. The number of thiophene rings is 1. The third-order valence-electron chi connectivity index (χ3n) is 4.05. The van der Waals surface area contributed by atoms with Gasteiger partial charge in [-0.3, -0.25) is 9.59 Å². The summed E-state index contributed by atoms with van der Waals surface area (Å²) in [6, 6.07) is 0.230. The molecule has 1 N–H and O–H groups in total. The van der Waals surface area contributed by atoms with Gasteiger partial charge in [-0.2, -0.15) is 11.3 Å². The number of rotatable bonds is 5. The predicted octanol–water partition coefficient (Wildman–Crippen LogP) is -1.06. The van der Waals surface area contributed by atoms with Crippen LogP contribution in [0, 0.1) is 0 Å². The third kappa shape index (κ3) is 2.53. The summed E-state index contributed by atoms with van der Waals surface area (Å²) in [5.74, 6) is -4.10. The average Bonchev–Trinajstić information content (AvgIpc) is 3.11. The molecule has 2 aliphatic heterocycles. The Morgan fingerprint density at radius 2 is 2.22 bits per heavy atom. The molecule has 0 saturated carbocycles. The number of aldehydes is 1. The zero-order valence-corrected chi connectivity index (χ0v) is 13.6. The molecule has 1 unspecified atom stereocenters. The van der Waals surface area contributed by atoms with E-state index in [0.29, 0.717) is 5.56 Å². The van der Waals surface area contributed by atoms with Gasteiger partial charge in [0.25, 0.3) is 0 Å². The second kappa shape index (κ2) is 5.97. The highest BCUT2D eigenvalue weighted by Crippen LogP contribution is 2.43. The first-order valence-electron chi connectivity index (χ1n) is 6.92. The van der Waals surface area contributed by atoms with Crippen LogP contribution in [-0.4, -0.2) is 51.7 Å². The molecule has 7 nitrogen and oxygen atoms in total. The lowest BCUT2D eigenvalue weighted by molar-refractivity contribution is -0.306. The van der Waals surface area contributed by atoms with E-state index in [1.165, 1.54) is 34.1 Å². The molecule has 23 heavy (non-hydrogen) atoms. The summed E-state index contributed by atoms with van der Waals surface area (Å²) in [4.78, 5) is 48.2. The van der Waals surface area contributed by atoms with Crippen LogP contribution in [0.15, 0.2) is 16.8 Å². The van der Waals surface area contributed by atoms with Crippen molar-refractivity contribution in [1.82, 2.24) is 10.2 Å². The highest BCUT2D eigenvalue weighted by molar-refractivity contribution is 8.01. The molecule has 0 aromatic carbocycles. The molecule has 0 bridgehead atoms. The molecular formula is C14H13N2O5S2-. The first-order chi connectivity index (χ1) is 11.0. The number of carbonyl (C=O) groups is 4. The minimum Gasteiger partial charge on any atom is -0.549 e. The smallest absolute Gasteiger partial charge is 0.249 e. The molecule has 9 heteroatoms. The van der Waals surface area contributed by atoms with Gasteiger partial charge in [-0.15, -0.1) is 11.8 Å². The highest BCUT2D eigenvalue weighted by atomic mass is 32.2. The number of nitrogens with one attached hydrogen (secondary N) is 1. The van der Waals surface area contributed by atoms with Crippen LogP contribution in [0.2, 0.25) is 0 Å². The second-order valence-electron chi connectivity index (χ2n) is 5.40. The van der Waals surface area contributed by atoms with Crippen LogP contribution in [0.1, 0.15) is 18.4 Å². The Morgan fingerprint density at radius 1 is 1.48 bits per heavy atom. The number of carboxylic acids is 1. The summed E-state index contributed by atoms with van der Waals surface area (Å²) in [5, 5.41) is 16.6. The number of hydrogen-bond acceptors (Lipinski definition) is 7. The average molecular weight is 353 g/mol. The number of β-lactam (4-membered cyclic amide) rings is 1. The number of nitrogens with zero attached hydrogens (tertiary/aromatic N) is 1. The standard InChI is InChI=1S/C14H14N2O5S2/c1-6-8(4-17)16-12(19)10(13(16)23-6)15-11(18)9(14(20)21)7-2-3-22-5-7/h2-6,8-10,13H,1H3,(H,15,18)(H,20,21)/p-1/t6?,8-,9+,10+,13+/m0/s1. The van der Waals surface area contributed by atoms with Gasteiger partial charge in [0.15, 0.2) is 0 Å². The summed E-state index contributed by atoms with van der Waals surface area (Å²) in [6.07, 6.45) is 0.725. The van der Waals surface area contributed by atoms with Crippen molar-refractivity contribution in [3.63, 3.8) is 0 Å². The highest BCUT2D eigenvalue weighted by Gasteiger charge is 2.58. The minimum atomic E-state index is -1.51. The summed E-state index contributed by atoms with van der Waals surface area (Å²) in [5.41, 5.74) is 0.328. The largest absolute Gasteiger partial charge is 0.549 e. The monoisotopic (exact) mass is 353 g/mol. The SMILES string of the molecule is CC1S[C@@H]2[C@H](NC(=O)[C@H](C(=O)[O-])c3ccsc3)C(=O)N2[C@H]1C=O. The van der Waals surface area contributed by atoms with Gasteiger partial charge in [-0.25, -0.2) is 0 Å². The van der Waals surface area contributed by atoms with Gasteiger partial charge in [-0.05, 0) is 22.4 Å². The Balaban J connectivity index is 1.73. The molecule has 3 rings (SSSR count). The van der Waals surface area contributed by atoms with Crippen LogP contribution in [-0.2, 0) is 19.2 Å². The van der Waals surface area contributed by atoms with Crippen LogP contribution >= 0.6 is 23.1 Å². The van der Waals surface area contributed by atoms with E-state index in [0.717, 1.165) is 6.29 Å². The number of amides is 2. The molecule has 1 aromatic heterocycles. The summed E-state index contributed by atoms with van der Waals surface area (Å²) in [6.45, 7) is 1.84. The molecule has 5 atom stereocenters. The zero-order chi connectivity index (χ0) is 16.7. The normalized spacial score (nSPS) is 30.3. The topological polar surface area (TPSA) is 107 Å². The molecular weight excluding hydrogens is 340 g/mol. The molecule has 3 heterocycles. The molecule has 2 aliphatic rings. The fourth-order valence-corrected chi connectivity index (χ4v) is 5.05. The van der Waals surface area contributed by atoms with Gasteiger partial charge in [0.1, 0.15) is 29.7 Å². The van der Waals surface area contributed by atoms with Gasteiger partial charge < -0.3 is 24.9 Å². The Morgan fingerprint density at radius 3 is 2.78 bits per heavy atom. The van der Waals surface area contributed by atoms with Gasteiger partial charge in [0.05, 0.1) is 5.97 Å². The van der Waals surface area contributed by atoms with E-state index in [9.17, 15) is 24.3 Å². The fourth-order valence-electron chi connectivity index (χ4n) is 2.85. The summed E-state index contributed by atoms with van der Waals surface area (Å²) < 4.78 is 0. The molecule has 0 aliphatic carbocycles. The number of hydrogen-bond donors (Lipinski definition) is 1. The maximum atomic E-state index is 12.3. The Hall–Kier alpha value is -1.87. The summed E-state index contributed by atoms with van der Waals surface area (Å²) in [7, 11) is 0. The summed E-state index contributed by atoms with van der Waals surface area (Å²) >= 11 is 2.69. The van der Waals surface area contributed by atoms with Gasteiger partial charge in [-0.1, -0.05) is 6.92 Å². The van der Waals surface area contributed by atoms with Crippen molar-refractivity contribution in [2.24, 2.45) is 0 Å². The van der Waals surface area contributed by atoms with Crippen molar-refractivity contribution < 1.29 is 24.3 Å². The lowest BCUT2D eigenvalue weighted by Crippen LogP contribution is -2.70. The first kappa shape index (κ1) is 16.0. The molecule has 0 radical (unpaired) electrons. The van der Waals surface area contributed by atoms with Gasteiger partial charge in [0.2, 0.25) is 11.8 Å². The lowest BCUT2D eigenvalue weighted by Gasteiger charge is -2.43. The Bertz CT molecular complexity index is 662. The Kier molecular flexibility index (Phi) is 4.15. The maximum Gasteiger partial charge on any atom is 0.249 e. The Labute approximate surface area is 140 Å². The van der Waals surface area contributed by atoms with E-state index in [1.54, 1.807) is 10.8 Å². The van der Waals surface area contributed by atoms with E-state index in [4.69, 9.17) is 0 Å². The first-order valence-corrected chi connectivity index (χ1v) is 8.80. The number of carbonyl (C=O) groups excluding carboxylic acids is 4. The molecule has 122 valence electrons. The molecule has 2 saturated heterocycles. The van der Waals surface area contributed by atoms with Crippen molar-refractivity contribution in [1.29, 1.82) is 0 Å². The van der Waals surface area contributed by atoms with Gasteiger partial charge in [0, 0.05) is 5.25 Å².